The first-order chi connectivity index (χ1) is 22.7. The van der Waals surface area contributed by atoms with Crippen molar-refractivity contribution in [2.24, 2.45) is 5.92 Å². The van der Waals surface area contributed by atoms with E-state index >= 15 is 8.78 Å². The molecule has 7 rings (SSSR count). The Balaban J connectivity index is 1.56. The van der Waals surface area contributed by atoms with Gasteiger partial charge in [-0.2, -0.15) is 0 Å². The minimum atomic E-state index is -1.08. The zero-order valence-electron chi connectivity index (χ0n) is 26.5. The van der Waals surface area contributed by atoms with Crippen molar-refractivity contribution in [1.29, 1.82) is 0 Å². The molecule has 0 saturated carbocycles. The molecule has 0 amide bonds. The summed E-state index contributed by atoms with van der Waals surface area (Å²) in [4.78, 5) is 16.6. The molecular formula is C40H35BrF2N2O2. The molecular weight excluding hydrogens is 658 g/mol. The van der Waals surface area contributed by atoms with Crippen LogP contribution in [0.4, 0.5) is 8.78 Å². The van der Waals surface area contributed by atoms with Crippen molar-refractivity contribution in [3.63, 3.8) is 0 Å². The number of aromatic nitrogens is 1. The summed E-state index contributed by atoms with van der Waals surface area (Å²) in [6.45, 7) is 6.92. The first kappa shape index (κ1) is 31.3. The van der Waals surface area contributed by atoms with Gasteiger partial charge in [0.2, 0.25) is 0 Å². The first-order valence-electron chi connectivity index (χ1n) is 16.0. The van der Waals surface area contributed by atoms with Crippen LogP contribution in [0.3, 0.4) is 0 Å². The van der Waals surface area contributed by atoms with Gasteiger partial charge in [-0.3, -0.25) is 9.47 Å². The van der Waals surface area contributed by atoms with E-state index in [1.807, 2.05) is 103 Å². The third-order valence-electron chi connectivity index (χ3n) is 9.38. The number of fused-ring (bicyclic) bond motifs is 3. The molecule has 47 heavy (non-hydrogen) atoms. The van der Waals surface area contributed by atoms with E-state index < -0.39 is 29.0 Å². The van der Waals surface area contributed by atoms with Crippen LogP contribution in [-0.2, 0) is 12.0 Å². The van der Waals surface area contributed by atoms with E-state index in [1.165, 1.54) is 12.1 Å². The Morgan fingerprint density at radius 1 is 0.830 bits per heavy atom. The average Bonchev–Trinajstić information content (AvgIpc) is 3.40. The molecule has 0 fully saturated rings. The van der Waals surface area contributed by atoms with E-state index in [4.69, 9.17) is 4.42 Å². The summed E-state index contributed by atoms with van der Waals surface area (Å²) < 4.78 is 39.9. The van der Waals surface area contributed by atoms with Gasteiger partial charge in [-0.25, -0.2) is 13.6 Å². The fourth-order valence-corrected chi connectivity index (χ4v) is 7.95. The lowest BCUT2D eigenvalue weighted by molar-refractivity contribution is 0.128. The molecule has 238 valence electrons. The average molecular weight is 694 g/mol. The highest BCUT2D eigenvalue weighted by atomic mass is 79.9. The number of oxazole rings is 1. The Labute approximate surface area is 281 Å². The largest absolute Gasteiger partial charge is 0.421 e. The molecule has 4 nitrogen and oxygen atoms in total. The molecule has 2 heterocycles. The van der Waals surface area contributed by atoms with Crippen LogP contribution in [0, 0.1) is 17.6 Å². The normalized spacial score (nSPS) is 16.9. The number of halogens is 3. The second kappa shape index (κ2) is 12.4. The number of hydrogen-bond acceptors (Lipinski definition) is 3. The monoisotopic (exact) mass is 692 g/mol. The molecule has 6 aromatic rings. The van der Waals surface area contributed by atoms with Gasteiger partial charge in [0, 0.05) is 28.2 Å². The molecule has 7 heteroatoms. The fourth-order valence-electron chi connectivity index (χ4n) is 7.55. The summed E-state index contributed by atoms with van der Waals surface area (Å²) in [6.07, 6.45) is 0.553. The summed E-state index contributed by atoms with van der Waals surface area (Å²) in [5.41, 5.74) is 4.20. The van der Waals surface area contributed by atoms with Crippen molar-refractivity contribution in [1.82, 2.24) is 9.47 Å². The third kappa shape index (κ3) is 5.17. The van der Waals surface area contributed by atoms with Gasteiger partial charge in [0.1, 0.15) is 17.2 Å². The van der Waals surface area contributed by atoms with Crippen LogP contribution >= 0.6 is 15.9 Å². The molecule has 1 aliphatic heterocycles. The van der Waals surface area contributed by atoms with Crippen molar-refractivity contribution in [2.45, 2.75) is 44.8 Å². The third-order valence-corrected chi connectivity index (χ3v) is 9.84. The Morgan fingerprint density at radius 2 is 1.34 bits per heavy atom. The van der Waals surface area contributed by atoms with E-state index in [0.717, 1.165) is 27.8 Å². The van der Waals surface area contributed by atoms with Crippen LogP contribution < -0.4 is 5.76 Å². The van der Waals surface area contributed by atoms with Gasteiger partial charge < -0.3 is 4.42 Å². The van der Waals surface area contributed by atoms with E-state index in [2.05, 4.69) is 41.6 Å². The topological polar surface area (TPSA) is 38.4 Å². The predicted octanol–water partition coefficient (Wildman–Crippen LogP) is 9.47. The van der Waals surface area contributed by atoms with Crippen molar-refractivity contribution < 1.29 is 13.2 Å². The van der Waals surface area contributed by atoms with Crippen LogP contribution in [-0.4, -0.2) is 22.1 Å². The number of nitrogens with zero attached hydrogens (tertiary/aromatic N) is 2. The van der Waals surface area contributed by atoms with Gasteiger partial charge in [-0.15, -0.1) is 0 Å². The second-order valence-electron chi connectivity index (χ2n) is 12.8. The Hall–Kier alpha value is -4.33. The SMILES string of the molecule is CC(C)CN1C(C)Cc2c(ccc3c2oc(=O)n3C(c2ccccc2)(c2ccccc2)c2ccccc2)C1c1c(F)cc(Br)cc1F. The molecule has 2 atom stereocenters. The van der Waals surface area contributed by atoms with Crippen LogP contribution in [0.5, 0.6) is 0 Å². The zero-order valence-corrected chi connectivity index (χ0v) is 28.0. The van der Waals surface area contributed by atoms with Gasteiger partial charge >= 0.3 is 5.76 Å². The molecule has 0 saturated heterocycles. The molecule has 5 aromatic carbocycles. The van der Waals surface area contributed by atoms with E-state index in [-0.39, 0.29) is 17.5 Å². The molecule has 1 aliphatic rings. The van der Waals surface area contributed by atoms with Gasteiger partial charge in [-0.05, 0) is 59.7 Å². The van der Waals surface area contributed by atoms with E-state index in [9.17, 15) is 4.79 Å². The summed E-state index contributed by atoms with van der Waals surface area (Å²) in [6, 6.07) is 35.6. The van der Waals surface area contributed by atoms with E-state index in [0.29, 0.717) is 28.5 Å². The van der Waals surface area contributed by atoms with Crippen LogP contribution in [0.2, 0.25) is 0 Å². The van der Waals surface area contributed by atoms with Crippen molar-refractivity contribution >= 4 is 27.0 Å². The van der Waals surface area contributed by atoms with Gasteiger partial charge in [0.05, 0.1) is 11.6 Å². The van der Waals surface area contributed by atoms with E-state index in [1.54, 1.807) is 4.57 Å². The Kier molecular flexibility index (Phi) is 8.23. The lowest BCUT2D eigenvalue weighted by atomic mass is 9.76. The minimum absolute atomic E-state index is 0.00465. The van der Waals surface area contributed by atoms with Gasteiger partial charge in [-0.1, -0.05) is 127 Å². The summed E-state index contributed by atoms with van der Waals surface area (Å²) in [7, 11) is 0. The Morgan fingerprint density at radius 3 is 1.83 bits per heavy atom. The summed E-state index contributed by atoms with van der Waals surface area (Å²) in [5, 5.41) is 0. The molecule has 0 bridgehead atoms. The number of hydrogen-bond donors (Lipinski definition) is 0. The smallest absolute Gasteiger partial charge is 0.407 e. The quantitative estimate of drug-likeness (QED) is 0.157. The zero-order chi connectivity index (χ0) is 32.9. The molecule has 2 unspecified atom stereocenters. The molecule has 0 N–H and O–H groups in total. The van der Waals surface area contributed by atoms with Crippen molar-refractivity contribution in [3.8, 4) is 0 Å². The van der Waals surface area contributed by atoms with Crippen LogP contribution in [0.15, 0.2) is 129 Å². The lowest BCUT2D eigenvalue weighted by Gasteiger charge is -2.43. The maximum Gasteiger partial charge on any atom is 0.421 e. The van der Waals surface area contributed by atoms with Crippen LogP contribution in [0.1, 0.15) is 60.2 Å². The van der Waals surface area contributed by atoms with Crippen molar-refractivity contribution in [3.05, 3.63) is 175 Å². The highest BCUT2D eigenvalue weighted by Gasteiger charge is 2.44. The minimum Gasteiger partial charge on any atom is -0.407 e. The summed E-state index contributed by atoms with van der Waals surface area (Å²) in [5.74, 6) is -1.49. The highest BCUT2D eigenvalue weighted by molar-refractivity contribution is 9.10. The maximum absolute atomic E-state index is 15.8. The Bertz CT molecular complexity index is 1990. The molecule has 1 aromatic heterocycles. The molecule has 0 aliphatic carbocycles. The summed E-state index contributed by atoms with van der Waals surface area (Å²) >= 11 is 3.24. The van der Waals surface area contributed by atoms with Gasteiger partial charge in [0.25, 0.3) is 0 Å². The lowest BCUT2D eigenvalue weighted by Crippen LogP contribution is -2.45. The molecule has 0 spiro atoms. The van der Waals surface area contributed by atoms with Crippen LogP contribution in [0.25, 0.3) is 11.1 Å². The predicted molar refractivity (Wildman–Crippen MR) is 186 cm³/mol. The fraction of sp³-hybridized carbons (Fsp3) is 0.225. The second-order valence-corrected chi connectivity index (χ2v) is 13.7. The number of rotatable bonds is 7. The standard InChI is InChI=1S/C40H35BrF2N2O2/c1-25(2)24-44-26(3)21-32-31(37(44)36-33(42)22-30(41)23-34(36)43)19-20-35-38(32)47-39(46)45(35)40(27-13-7-4-8-14-27,28-15-9-5-10-16-28)29-17-11-6-12-18-29/h4-20,22-23,25-26,37H,21,24H2,1-3H3. The molecule has 0 radical (unpaired) electrons. The highest BCUT2D eigenvalue weighted by Crippen LogP contribution is 2.46. The number of benzene rings is 5. The first-order valence-corrected chi connectivity index (χ1v) is 16.8. The van der Waals surface area contributed by atoms with Crippen molar-refractivity contribution in [2.75, 3.05) is 6.54 Å². The van der Waals surface area contributed by atoms with Gasteiger partial charge in [0.15, 0.2) is 5.58 Å². The maximum atomic E-state index is 15.8.